The van der Waals surface area contributed by atoms with Crippen LogP contribution in [0.2, 0.25) is 0 Å². The lowest BCUT2D eigenvalue weighted by Crippen LogP contribution is -2.44. The summed E-state index contributed by atoms with van der Waals surface area (Å²) in [6.07, 6.45) is 0. The summed E-state index contributed by atoms with van der Waals surface area (Å²) in [5.41, 5.74) is 7.68. The molecule has 0 saturated carbocycles. The van der Waals surface area contributed by atoms with Crippen LogP contribution in [-0.2, 0) is 0 Å². The molecule has 108 valence electrons. The molecule has 0 radical (unpaired) electrons. The maximum Gasteiger partial charge on any atom is 0.0450 e. The fraction of sp³-hybridized carbons (Fsp3) is 0.647. The van der Waals surface area contributed by atoms with Gasteiger partial charge in [0, 0.05) is 25.2 Å². The van der Waals surface area contributed by atoms with Gasteiger partial charge < -0.3 is 5.73 Å². The van der Waals surface area contributed by atoms with Gasteiger partial charge >= 0.3 is 0 Å². The number of rotatable bonds is 7. The van der Waals surface area contributed by atoms with Gasteiger partial charge in [-0.1, -0.05) is 58.0 Å². The Morgan fingerprint density at radius 3 is 1.79 bits per heavy atom. The molecule has 0 aliphatic heterocycles. The zero-order valence-electron chi connectivity index (χ0n) is 13.1. The third kappa shape index (κ3) is 5.33. The van der Waals surface area contributed by atoms with Crippen molar-refractivity contribution in [2.45, 2.75) is 46.7 Å². The van der Waals surface area contributed by atoms with E-state index >= 15 is 0 Å². The molecule has 0 fully saturated rings. The molecule has 0 aliphatic carbocycles. The average molecular weight is 262 g/mol. The van der Waals surface area contributed by atoms with Gasteiger partial charge in [0.1, 0.15) is 0 Å². The number of nitrogens with zero attached hydrogens (tertiary/aromatic N) is 1. The first-order valence-electron chi connectivity index (χ1n) is 7.46. The van der Waals surface area contributed by atoms with Gasteiger partial charge in [0.05, 0.1) is 0 Å². The van der Waals surface area contributed by atoms with Crippen molar-refractivity contribution in [1.29, 1.82) is 0 Å². The molecule has 0 aromatic heterocycles. The van der Waals surface area contributed by atoms with Crippen LogP contribution >= 0.6 is 0 Å². The molecule has 1 rings (SSSR count). The molecule has 1 aromatic carbocycles. The van der Waals surface area contributed by atoms with Crippen LogP contribution < -0.4 is 5.73 Å². The SMILES string of the molecule is CC(C)CN(CC(C)C)C(C)C(N)c1ccccc1. The van der Waals surface area contributed by atoms with E-state index in [0.29, 0.717) is 17.9 Å². The van der Waals surface area contributed by atoms with Gasteiger partial charge in [-0.2, -0.15) is 0 Å². The Morgan fingerprint density at radius 1 is 0.895 bits per heavy atom. The second-order valence-corrected chi connectivity index (χ2v) is 6.42. The highest BCUT2D eigenvalue weighted by atomic mass is 15.2. The molecular weight excluding hydrogens is 232 g/mol. The van der Waals surface area contributed by atoms with Crippen molar-refractivity contribution in [3.05, 3.63) is 35.9 Å². The van der Waals surface area contributed by atoms with Gasteiger partial charge in [-0.3, -0.25) is 4.90 Å². The van der Waals surface area contributed by atoms with Gasteiger partial charge in [-0.15, -0.1) is 0 Å². The number of benzene rings is 1. The Balaban J connectivity index is 2.77. The number of hydrogen-bond donors (Lipinski definition) is 1. The minimum absolute atomic E-state index is 0.0821. The molecule has 0 aliphatic rings. The van der Waals surface area contributed by atoms with Crippen LogP contribution in [-0.4, -0.2) is 24.0 Å². The lowest BCUT2D eigenvalue weighted by molar-refractivity contribution is 0.147. The fourth-order valence-electron chi connectivity index (χ4n) is 2.53. The third-order valence-electron chi connectivity index (χ3n) is 3.48. The monoisotopic (exact) mass is 262 g/mol. The average Bonchev–Trinajstić information content (AvgIpc) is 2.36. The molecule has 0 saturated heterocycles. The molecule has 0 spiro atoms. The van der Waals surface area contributed by atoms with E-state index in [4.69, 9.17) is 5.73 Å². The normalized spacial score (nSPS) is 15.2. The van der Waals surface area contributed by atoms with Gasteiger partial charge in [-0.05, 0) is 24.3 Å². The number of hydrogen-bond acceptors (Lipinski definition) is 2. The summed E-state index contributed by atoms with van der Waals surface area (Å²) in [6.45, 7) is 13.6. The molecular formula is C17H30N2. The first kappa shape index (κ1) is 16.2. The lowest BCUT2D eigenvalue weighted by Gasteiger charge is -2.35. The second kappa shape index (κ2) is 7.66. The molecule has 2 atom stereocenters. The maximum atomic E-state index is 6.45. The van der Waals surface area contributed by atoms with Gasteiger partial charge in [0.2, 0.25) is 0 Å². The van der Waals surface area contributed by atoms with Crippen molar-refractivity contribution in [3.63, 3.8) is 0 Å². The highest BCUT2D eigenvalue weighted by Crippen LogP contribution is 2.20. The third-order valence-corrected chi connectivity index (χ3v) is 3.48. The molecule has 2 unspecified atom stereocenters. The van der Waals surface area contributed by atoms with Gasteiger partial charge in [-0.25, -0.2) is 0 Å². The first-order chi connectivity index (χ1) is 8.91. The molecule has 2 N–H and O–H groups in total. The summed E-state index contributed by atoms with van der Waals surface area (Å²) in [4.78, 5) is 2.53. The number of nitrogens with two attached hydrogens (primary N) is 1. The van der Waals surface area contributed by atoms with E-state index in [9.17, 15) is 0 Å². The fourth-order valence-corrected chi connectivity index (χ4v) is 2.53. The Morgan fingerprint density at radius 2 is 1.37 bits per heavy atom. The molecule has 19 heavy (non-hydrogen) atoms. The standard InChI is InChI=1S/C17H30N2/c1-13(2)11-19(12-14(3)4)15(5)17(18)16-9-7-6-8-10-16/h6-10,13-15,17H,11-12,18H2,1-5H3. The Bertz CT molecular complexity index is 336. The first-order valence-corrected chi connectivity index (χ1v) is 7.46. The van der Waals surface area contributed by atoms with Crippen molar-refractivity contribution < 1.29 is 0 Å². The summed E-state index contributed by atoms with van der Waals surface area (Å²) in [7, 11) is 0. The van der Waals surface area contributed by atoms with E-state index in [0.717, 1.165) is 13.1 Å². The summed E-state index contributed by atoms with van der Waals surface area (Å²) < 4.78 is 0. The van der Waals surface area contributed by atoms with Gasteiger partial charge in [0.25, 0.3) is 0 Å². The lowest BCUT2D eigenvalue weighted by atomic mass is 9.98. The molecule has 2 heteroatoms. The van der Waals surface area contributed by atoms with Crippen molar-refractivity contribution in [2.75, 3.05) is 13.1 Å². The minimum Gasteiger partial charge on any atom is -0.323 e. The molecule has 1 aromatic rings. The molecule has 0 bridgehead atoms. The highest BCUT2D eigenvalue weighted by Gasteiger charge is 2.22. The summed E-state index contributed by atoms with van der Waals surface area (Å²) >= 11 is 0. The predicted molar refractivity (Wildman–Crippen MR) is 84.1 cm³/mol. The summed E-state index contributed by atoms with van der Waals surface area (Å²) in [5.74, 6) is 1.34. The van der Waals surface area contributed by atoms with Crippen LogP contribution in [0.15, 0.2) is 30.3 Å². The van der Waals surface area contributed by atoms with Crippen LogP contribution in [0.3, 0.4) is 0 Å². The van der Waals surface area contributed by atoms with Crippen molar-refractivity contribution in [1.82, 2.24) is 4.90 Å². The topological polar surface area (TPSA) is 29.3 Å². The van der Waals surface area contributed by atoms with Gasteiger partial charge in [0.15, 0.2) is 0 Å². The molecule has 0 amide bonds. The molecule has 2 nitrogen and oxygen atoms in total. The molecule has 0 heterocycles. The summed E-state index contributed by atoms with van der Waals surface area (Å²) in [5, 5.41) is 0. The predicted octanol–water partition coefficient (Wildman–Crippen LogP) is 3.69. The zero-order valence-corrected chi connectivity index (χ0v) is 13.1. The van der Waals surface area contributed by atoms with E-state index in [2.05, 4.69) is 63.8 Å². The zero-order chi connectivity index (χ0) is 14.4. The van der Waals surface area contributed by atoms with E-state index in [-0.39, 0.29) is 6.04 Å². The van der Waals surface area contributed by atoms with E-state index in [1.165, 1.54) is 5.56 Å². The Labute approximate surface area is 119 Å². The van der Waals surface area contributed by atoms with Crippen molar-refractivity contribution >= 4 is 0 Å². The Kier molecular flexibility index (Phi) is 6.53. The van der Waals surface area contributed by atoms with Crippen LogP contribution in [0.25, 0.3) is 0 Å². The maximum absolute atomic E-state index is 6.45. The van der Waals surface area contributed by atoms with E-state index in [1.807, 2.05) is 6.07 Å². The van der Waals surface area contributed by atoms with Crippen LogP contribution in [0.5, 0.6) is 0 Å². The Hall–Kier alpha value is -0.860. The van der Waals surface area contributed by atoms with Crippen molar-refractivity contribution in [3.8, 4) is 0 Å². The van der Waals surface area contributed by atoms with E-state index < -0.39 is 0 Å². The van der Waals surface area contributed by atoms with Crippen LogP contribution in [0.4, 0.5) is 0 Å². The van der Waals surface area contributed by atoms with Crippen LogP contribution in [0, 0.1) is 11.8 Å². The second-order valence-electron chi connectivity index (χ2n) is 6.42. The van der Waals surface area contributed by atoms with Crippen LogP contribution in [0.1, 0.15) is 46.2 Å². The largest absolute Gasteiger partial charge is 0.323 e. The smallest absolute Gasteiger partial charge is 0.0450 e. The highest BCUT2D eigenvalue weighted by molar-refractivity contribution is 5.19. The summed E-state index contributed by atoms with van der Waals surface area (Å²) in [6, 6.07) is 10.9. The quantitative estimate of drug-likeness (QED) is 0.812. The minimum atomic E-state index is 0.0821. The van der Waals surface area contributed by atoms with Crippen molar-refractivity contribution in [2.24, 2.45) is 17.6 Å². The van der Waals surface area contributed by atoms with E-state index in [1.54, 1.807) is 0 Å².